The van der Waals surface area contributed by atoms with Crippen molar-refractivity contribution in [3.05, 3.63) is 59.0 Å². The molecule has 1 N–H and O–H groups in total. The van der Waals surface area contributed by atoms with Crippen molar-refractivity contribution < 1.29 is 8.42 Å². The number of benzene rings is 1. The summed E-state index contributed by atoms with van der Waals surface area (Å²) in [7, 11) is -3.19. The van der Waals surface area contributed by atoms with Crippen molar-refractivity contribution in [1.29, 1.82) is 0 Å². The van der Waals surface area contributed by atoms with Gasteiger partial charge in [-0.25, -0.2) is 13.4 Å². The lowest BCUT2D eigenvalue weighted by Gasteiger charge is -2.06. The number of thiophene rings is 1. The maximum Gasteiger partial charge on any atom is 0.175 e. The molecule has 5 nitrogen and oxygen atoms in total. The third kappa shape index (κ3) is 3.94. The largest absolute Gasteiger partial charge is 0.364 e. The van der Waals surface area contributed by atoms with Crippen molar-refractivity contribution in [3.63, 3.8) is 0 Å². The predicted molar refractivity (Wildman–Crippen MR) is 92.2 cm³/mol. The average Bonchev–Trinajstić information content (AvgIpc) is 3.06. The highest BCUT2D eigenvalue weighted by molar-refractivity contribution is 7.90. The summed E-state index contributed by atoms with van der Waals surface area (Å²) in [6.07, 6.45) is 4.52. The van der Waals surface area contributed by atoms with E-state index in [4.69, 9.17) is 0 Å². The number of rotatable bonds is 5. The molecule has 1 aromatic carbocycles. The quantitative estimate of drug-likeness (QED) is 0.769. The SMILES string of the molecule is CS(=O)(=O)c1ccc(-c2cncc(NCc3cccs3)n2)cc1. The standard InChI is InChI=1S/C16H15N3O2S2/c1-23(20,21)14-6-4-12(5-7-14)15-10-17-11-16(19-15)18-9-13-3-2-8-22-13/h2-8,10-11H,9H2,1H3,(H,18,19). The van der Waals surface area contributed by atoms with E-state index in [-0.39, 0.29) is 0 Å². The van der Waals surface area contributed by atoms with Crippen LogP contribution < -0.4 is 5.32 Å². The van der Waals surface area contributed by atoms with Crippen LogP contribution in [0.2, 0.25) is 0 Å². The summed E-state index contributed by atoms with van der Waals surface area (Å²) in [6.45, 7) is 0.697. The summed E-state index contributed by atoms with van der Waals surface area (Å²) in [5.41, 5.74) is 1.52. The number of hydrogen-bond acceptors (Lipinski definition) is 6. The Morgan fingerprint density at radius 1 is 1.13 bits per heavy atom. The first-order chi connectivity index (χ1) is 11.0. The highest BCUT2D eigenvalue weighted by atomic mass is 32.2. The molecule has 3 aromatic rings. The minimum absolute atomic E-state index is 0.293. The van der Waals surface area contributed by atoms with E-state index < -0.39 is 9.84 Å². The molecule has 0 aliphatic heterocycles. The second-order valence-electron chi connectivity index (χ2n) is 5.02. The third-order valence-corrected chi connectivity index (χ3v) is 5.24. The van der Waals surface area contributed by atoms with E-state index in [1.165, 1.54) is 11.1 Å². The Balaban J connectivity index is 1.79. The number of aromatic nitrogens is 2. The number of nitrogens with one attached hydrogen (secondary N) is 1. The van der Waals surface area contributed by atoms with E-state index >= 15 is 0 Å². The van der Waals surface area contributed by atoms with Crippen LogP contribution in [0.25, 0.3) is 11.3 Å². The van der Waals surface area contributed by atoms with Gasteiger partial charge < -0.3 is 5.32 Å². The van der Waals surface area contributed by atoms with E-state index in [1.807, 2.05) is 11.4 Å². The summed E-state index contributed by atoms with van der Waals surface area (Å²) in [4.78, 5) is 10.2. The van der Waals surface area contributed by atoms with Crippen LogP contribution in [-0.4, -0.2) is 24.6 Å². The third-order valence-electron chi connectivity index (χ3n) is 3.24. The van der Waals surface area contributed by atoms with E-state index in [9.17, 15) is 8.42 Å². The first-order valence-corrected chi connectivity index (χ1v) is 9.68. The molecule has 0 radical (unpaired) electrons. The van der Waals surface area contributed by atoms with Crippen LogP contribution in [0.15, 0.2) is 59.1 Å². The first kappa shape index (κ1) is 15.6. The Kier molecular flexibility index (Phi) is 4.40. The van der Waals surface area contributed by atoms with Gasteiger partial charge >= 0.3 is 0 Å². The maximum atomic E-state index is 11.5. The zero-order valence-corrected chi connectivity index (χ0v) is 14.1. The van der Waals surface area contributed by atoms with Gasteiger partial charge in [-0.05, 0) is 23.6 Å². The highest BCUT2D eigenvalue weighted by Crippen LogP contribution is 2.20. The molecule has 0 saturated heterocycles. The molecule has 7 heteroatoms. The van der Waals surface area contributed by atoms with Gasteiger partial charge in [-0.3, -0.25) is 4.98 Å². The van der Waals surface area contributed by atoms with Crippen LogP contribution in [-0.2, 0) is 16.4 Å². The number of hydrogen-bond donors (Lipinski definition) is 1. The van der Waals surface area contributed by atoms with Gasteiger partial charge in [0.05, 0.1) is 29.5 Å². The normalized spacial score (nSPS) is 11.3. The summed E-state index contributed by atoms with van der Waals surface area (Å²) in [5.74, 6) is 0.683. The molecule has 0 aliphatic rings. The fourth-order valence-corrected chi connectivity index (χ4v) is 3.33. The highest BCUT2D eigenvalue weighted by Gasteiger charge is 2.08. The van der Waals surface area contributed by atoms with Crippen molar-refractivity contribution in [3.8, 4) is 11.3 Å². The topological polar surface area (TPSA) is 72.0 Å². The molecule has 118 valence electrons. The van der Waals surface area contributed by atoms with Gasteiger partial charge in [0.1, 0.15) is 5.82 Å². The number of anilines is 1. The van der Waals surface area contributed by atoms with Crippen LogP contribution in [0.3, 0.4) is 0 Å². The number of sulfone groups is 1. The molecule has 0 fully saturated rings. The minimum atomic E-state index is -3.19. The fraction of sp³-hybridized carbons (Fsp3) is 0.125. The van der Waals surface area contributed by atoms with E-state index in [2.05, 4.69) is 21.4 Å². The van der Waals surface area contributed by atoms with Gasteiger partial charge in [0.2, 0.25) is 0 Å². The Morgan fingerprint density at radius 3 is 2.57 bits per heavy atom. The summed E-state index contributed by atoms with van der Waals surface area (Å²) in [5, 5.41) is 5.26. The maximum absolute atomic E-state index is 11.5. The molecule has 0 atom stereocenters. The number of nitrogens with zero attached hydrogens (tertiary/aromatic N) is 2. The smallest absolute Gasteiger partial charge is 0.175 e. The van der Waals surface area contributed by atoms with Crippen molar-refractivity contribution in [2.45, 2.75) is 11.4 Å². The Labute approximate surface area is 139 Å². The van der Waals surface area contributed by atoms with Crippen LogP contribution >= 0.6 is 11.3 Å². The fourth-order valence-electron chi connectivity index (χ4n) is 2.05. The Morgan fingerprint density at radius 2 is 1.91 bits per heavy atom. The lowest BCUT2D eigenvalue weighted by Crippen LogP contribution is -2.01. The van der Waals surface area contributed by atoms with Crippen molar-refractivity contribution >= 4 is 27.0 Å². The second kappa shape index (κ2) is 6.47. The molecule has 0 unspecified atom stereocenters. The Hall–Kier alpha value is -2.25. The monoisotopic (exact) mass is 345 g/mol. The molecule has 23 heavy (non-hydrogen) atoms. The van der Waals surface area contributed by atoms with Crippen LogP contribution in [0.4, 0.5) is 5.82 Å². The van der Waals surface area contributed by atoms with Gasteiger partial charge in [0, 0.05) is 16.7 Å². The van der Waals surface area contributed by atoms with E-state index in [0.29, 0.717) is 23.0 Å². The molecule has 0 amide bonds. The van der Waals surface area contributed by atoms with Gasteiger partial charge in [0.25, 0.3) is 0 Å². The van der Waals surface area contributed by atoms with Gasteiger partial charge in [-0.2, -0.15) is 0 Å². The molecular formula is C16H15N3O2S2. The minimum Gasteiger partial charge on any atom is -0.364 e. The molecule has 2 heterocycles. The summed E-state index contributed by atoms with van der Waals surface area (Å²) in [6, 6.07) is 10.7. The molecule has 3 rings (SSSR count). The van der Waals surface area contributed by atoms with Gasteiger partial charge in [-0.15, -0.1) is 11.3 Å². The van der Waals surface area contributed by atoms with Gasteiger partial charge in [0.15, 0.2) is 9.84 Å². The molecule has 0 aliphatic carbocycles. The molecule has 0 bridgehead atoms. The zero-order valence-electron chi connectivity index (χ0n) is 12.4. The predicted octanol–water partition coefficient (Wildman–Crippen LogP) is 3.22. The Bertz CT molecular complexity index is 889. The summed E-state index contributed by atoms with van der Waals surface area (Å²) < 4.78 is 23.0. The first-order valence-electron chi connectivity index (χ1n) is 6.91. The van der Waals surface area contributed by atoms with Crippen molar-refractivity contribution in [2.75, 3.05) is 11.6 Å². The molecule has 0 spiro atoms. The average molecular weight is 345 g/mol. The molecule has 0 saturated carbocycles. The summed E-state index contributed by atoms with van der Waals surface area (Å²) >= 11 is 1.68. The van der Waals surface area contributed by atoms with Crippen molar-refractivity contribution in [1.82, 2.24) is 9.97 Å². The van der Waals surface area contributed by atoms with E-state index in [0.717, 1.165) is 5.56 Å². The molecular weight excluding hydrogens is 330 g/mol. The van der Waals surface area contributed by atoms with Gasteiger partial charge in [-0.1, -0.05) is 18.2 Å². The lowest BCUT2D eigenvalue weighted by atomic mass is 10.2. The molecule has 2 aromatic heterocycles. The van der Waals surface area contributed by atoms with E-state index in [1.54, 1.807) is 48.0 Å². The zero-order chi connectivity index (χ0) is 16.3. The lowest BCUT2D eigenvalue weighted by molar-refractivity contribution is 0.602. The van der Waals surface area contributed by atoms with Crippen LogP contribution in [0, 0.1) is 0 Å². The van der Waals surface area contributed by atoms with Crippen LogP contribution in [0.1, 0.15) is 4.88 Å². The second-order valence-corrected chi connectivity index (χ2v) is 8.07. The van der Waals surface area contributed by atoms with Crippen molar-refractivity contribution in [2.24, 2.45) is 0 Å². The van der Waals surface area contributed by atoms with Crippen LogP contribution in [0.5, 0.6) is 0 Å².